The summed E-state index contributed by atoms with van der Waals surface area (Å²) < 4.78 is 65.7. The lowest BCUT2D eigenvalue weighted by molar-refractivity contribution is 0.0981. The van der Waals surface area contributed by atoms with Crippen molar-refractivity contribution in [1.82, 2.24) is 9.71 Å². The van der Waals surface area contributed by atoms with E-state index in [0.717, 1.165) is 21.2 Å². The van der Waals surface area contributed by atoms with Gasteiger partial charge in [0.25, 0.3) is 15.9 Å². The van der Waals surface area contributed by atoms with Gasteiger partial charge in [-0.2, -0.15) is 0 Å². The normalized spacial score (nSPS) is 12.7. The molecule has 0 radical (unpaired) electrons. The van der Waals surface area contributed by atoms with Gasteiger partial charge in [0.2, 0.25) is 0 Å². The fourth-order valence-electron chi connectivity index (χ4n) is 3.49. The minimum atomic E-state index is -4.12. The first-order valence-corrected chi connectivity index (χ1v) is 14.6. The summed E-state index contributed by atoms with van der Waals surface area (Å²) in [5.41, 5.74) is 1.66. The molecule has 1 N–H and O–H groups in total. The number of thiazole rings is 1. The van der Waals surface area contributed by atoms with E-state index in [-0.39, 0.29) is 26.6 Å². The van der Waals surface area contributed by atoms with Crippen molar-refractivity contribution >= 4 is 49.2 Å². The molecule has 12 heteroatoms. The van der Waals surface area contributed by atoms with Crippen molar-refractivity contribution in [3.8, 4) is 10.6 Å². The number of aromatic nitrogens is 1. The monoisotopic (exact) mass is 572 g/mol. The van der Waals surface area contributed by atoms with Crippen LogP contribution >= 0.6 is 11.3 Å². The van der Waals surface area contributed by atoms with Gasteiger partial charge in [0.15, 0.2) is 0 Å². The lowest BCUT2D eigenvalue weighted by Crippen LogP contribution is -2.30. The number of hydrogen-bond acceptors (Lipinski definition) is 7. The van der Waals surface area contributed by atoms with Crippen molar-refractivity contribution in [2.24, 2.45) is 0 Å². The highest BCUT2D eigenvalue weighted by atomic mass is 32.2. The van der Waals surface area contributed by atoms with Crippen LogP contribution in [0.3, 0.4) is 0 Å². The van der Waals surface area contributed by atoms with Crippen LogP contribution < -0.4 is 9.03 Å². The lowest BCUT2D eigenvalue weighted by Gasteiger charge is -2.24. The smallest absolute Gasteiger partial charge is 0.264 e. The van der Waals surface area contributed by atoms with Gasteiger partial charge in [0.05, 0.1) is 28.0 Å². The predicted molar refractivity (Wildman–Crippen MR) is 145 cm³/mol. The molecule has 0 aliphatic heterocycles. The maximum Gasteiger partial charge on any atom is 0.264 e. The summed E-state index contributed by atoms with van der Waals surface area (Å²) in [5.74, 6) is -1.26. The van der Waals surface area contributed by atoms with Gasteiger partial charge in [-0.1, -0.05) is 44.2 Å². The van der Waals surface area contributed by atoms with E-state index >= 15 is 0 Å². The molecule has 4 aromatic rings. The van der Waals surface area contributed by atoms with E-state index in [1.165, 1.54) is 66.9 Å². The molecule has 1 amide bonds. The fourth-order valence-corrected chi connectivity index (χ4v) is 6.10. The van der Waals surface area contributed by atoms with Gasteiger partial charge in [-0.15, -0.1) is 0 Å². The van der Waals surface area contributed by atoms with Crippen LogP contribution in [-0.4, -0.2) is 28.1 Å². The Morgan fingerprint density at radius 2 is 1.61 bits per heavy atom. The second-order valence-corrected chi connectivity index (χ2v) is 12.8. The van der Waals surface area contributed by atoms with Crippen LogP contribution in [0.2, 0.25) is 0 Å². The van der Waals surface area contributed by atoms with Gasteiger partial charge < -0.3 is 4.55 Å². The van der Waals surface area contributed by atoms with Crippen LogP contribution in [0.25, 0.3) is 10.6 Å². The molecule has 1 heterocycles. The van der Waals surface area contributed by atoms with Crippen molar-refractivity contribution in [2.45, 2.75) is 31.1 Å². The second kappa shape index (κ2) is 10.7. The number of amides is 1. The summed E-state index contributed by atoms with van der Waals surface area (Å²) >= 11 is -1.64. The van der Waals surface area contributed by atoms with E-state index in [1.807, 2.05) is 25.5 Å². The molecule has 0 saturated carbocycles. The number of anilines is 2. The number of nitrogens with one attached hydrogen (secondary N) is 1. The van der Waals surface area contributed by atoms with Crippen molar-refractivity contribution in [3.63, 3.8) is 0 Å². The van der Waals surface area contributed by atoms with Crippen LogP contribution in [0, 0.1) is 5.82 Å². The minimum Gasteiger partial charge on any atom is -0.755 e. The van der Waals surface area contributed by atoms with Crippen LogP contribution in [0.5, 0.6) is 0 Å². The number of hydrogen-bond donors (Lipinski definition) is 1. The van der Waals surface area contributed by atoms with Crippen LogP contribution in [0.15, 0.2) is 83.9 Å². The van der Waals surface area contributed by atoms with Crippen LogP contribution in [-0.2, 0) is 26.7 Å². The highest BCUT2D eigenvalue weighted by molar-refractivity contribution is 7.90. The molecule has 0 aliphatic carbocycles. The van der Waals surface area contributed by atoms with Gasteiger partial charge in [-0.05, 0) is 71.6 Å². The zero-order chi connectivity index (χ0) is 27.7. The Balaban J connectivity index is 1.52. The largest absolute Gasteiger partial charge is 0.755 e. The van der Waals surface area contributed by atoms with E-state index in [1.54, 1.807) is 12.1 Å². The molecule has 0 aliphatic rings. The number of carbonyl (C=O) groups excluding carboxylic acids is 1. The molecule has 38 heavy (non-hydrogen) atoms. The molecule has 0 bridgehead atoms. The molecule has 1 aromatic heterocycles. The van der Waals surface area contributed by atoms with E-state index in [9.17, 15) is 26.4 Å². The Labute approximate surface area is 226 Å². The second-order valence-electron chi connectivity index (χ2n) is 9.28. The Morgan fingerprint density at radius 3 is 2.16 bits per heavy atom. The summed E-state index contributed by atoms with van der Waals surface area (Å²) in [7, 11) is -4.12. The number of sulfonamides is 1. The average Bonchev–Trinajstić information content (AvgIpc) is 3.33. The summed E-state index contributed by atoms with van der Waals surface area (Å²) in [4.78, 5) is 16.8. The minimum absolute atomic E-state index is 0.0246. The van der Waals surface area contributed by atoms with E-state index in [0.29, 0.717) is 10.6 Å². The molecule has 4 rings (SSSR count). The van der Waals surface area contributed by atoms with Crippen molar-refractivity contribution in [1.29, 1.82) is 0 Å². The molecule has 0 saturated heterocycles. The third-order valence-corrected chi connectivity index (χ3v) is 8.76. The first-order chi connectivity index (χ1) is 17.8. The van der Waals surface area contributed by atoms with Crippen LogP contribution in [0.4, 0.5) is 15.1 Å². The first-order valence-electron chi connectivity index (χ1n) is 11.2. The number of benzene rings is 3. The van der Waals surface area contributed by atoms with Crippen LogP contribution in [0.1, 0.15) is 36.7 Å². The summed E-state index contributed by atoms with van der Waals surface area (Å²) in [5, 5.41) is 0.767. The lowest BCUT2D eigenvalue weighted by atomic mass is 9.87. The summed E-state index contributed by atoms with van der Waals surface area (Å²) in [6, 6.07) is 17.3. The number of nitrogens with zero attached hydrogens (tertiary/aromatic N) is 2. The number of carbonyl (C=O) groups is 1. The Morgan fingerprint density at radius 1 is 1.00 bits per heavy atom. The molecular formula is C26H23FN3O5S3-. The summed E-state index contributed by atoms with van der Waals surface area (Å²) in [6.45, 7) is 6.01. The fraction of sp³-hybridized carbons (Fsp3) is 0.154. The predicted octanol–water partition coefficient (Wildman–Crippen LogP) is 5.30. The van der Waals surface area contributed by atoms with Crippen molar-refractivity contribution in [3.05, 3.63) is 95.9 Å². The molecule has 1 unspecified atom stereocenters. The Kier molecular flexibility index (Phi) is 7.79. The number of halogens is 1. The summed E-state index contributed by atoms with van der Waals surface area (Å²) in [6.07, 6.45) is 1.37. The molecular weight excluding hydrogens is 550 g/mol. The first kappa shape index (κ1) is 27.6. The molecule has 8 nitrogen and oxygen atoms in total. The zero-order valence-corrected chi connectivity index (χ0v) is 23.0. The van der Waals surface area contributed by atoms with E-state index in [2.05, 4.69) is 4.98 Å². The highest BCUT2D eigenvalue weighted by Crippen LogP contribution is 2.36. The topological polar surface area (TPSA) is 120 Å². The van der Waals surface area contributed by atoms with E-state index in [4.69, 9.17) is 0 Å². The quantitative estimate of drug-likeness (QED) is 0.300. The van der Waals surface area contributed by atoms with Gasteiger partial charge in [0, 0.05) is 11.1 Å². The maximum absolute atomic E-state index is 13.2. The third-order valence-electron chi connectivity index (χ3n) is 5.56. The maximum atomic E-state index is 13.2. The van der Waals surface area contributed by atoms with E-state index < -0.39 is 33.0 Å². The number of rotatable bonds is 7. The molecule has 1 atom stereocenters. The SMILES string of the molecule is CC(C)(C)c1ccc(S(=O)(=O)NC(=O)c2ccc(N(c3cnc(-c4ccc(F)cc4)s3)S(=O)[O-])cc2)cc1. The molecule has 0 spiro atoms. The average molecular weight is 573 g/mol. The molecule has 198 valence electrons. The van der Waals surface area contributed by atoms with Crippen molar-refractivity contribution in [2.75, 3.05) is 4.31 Å². The standard InChI is InChI=1S/C26H24FN3O5S3/c1-26(2,3)19-8-14-22(15-9-19)38(34,35)29-24(31)17-6-12-21(13-7-17)30(37(32)33)23-16-28-25(36-23)18-4-10-20(27)11-5-18/h4-16H,1-3H3,(H,29,31)(H,32,33)/p-1. The Bertz CT molecular complexity index is 1580. The zero-order valence-electron chi connectivity index (χ0n) is 20.5. The van der Waals surface area contributed by atoms with Crippen molar-refractivity contribution < 1.29 is 26.4 Å². The highest BCUT2D eigenvalue weighted by Gasteiger charge is 2.21. The molecule has 0 fully saturated rings. The Hall–Kier alpha value is -3.45. The molecule has 3 aromatic carbocycles. The van der Waals surface area contributed by atoms with Gasteiger partial charge >= 0.3 is 0 Å². The van der Waals surface area contributed by atoms with Gasteiger partial charge in [-0.3, -0.25) is 13.3 Å². The third kappa shape index (κ3) is 6.16. The van der Waals surface area contributed by atoms with Gasteiger partial charge in [0.1, 0.15) is 15.8 Å². The van der Waals surface area contributed by atoms with Gasteiger partial charge in [-0.25, -0.2) is 22.5 Å².